The minimum atomic E-state index is -0.329. The molecule has 7 nitrogen and oxygen atoms in total. The highest BCUT2D eigenvalue weighted by atomic mass is 16.5. The number of anilines is 1. The summed E-state index contributed by atoms with van der Waals surface area (Å²) in [4.78, 5) is 25.8. The Morgan fingerprint density at radius 2 is 2.23 bits per heavy atom. The Morgan fingerprint density at radius 1 is 1.41 bits per heavy atom. The van der Waals surface area contributed by atoms with E-state index in [4.69, 9.17) is 8.94 Å². The number of hydrogen-bond acceptors (Lipinski definition) is 5. The summed E-state index contributed by atoms with van der Waals surface area (Å²) in [6.07, 6.45) is 3.16. The van der Waals surface area contributed by atoms with E-state index in [1.165, 1.54) is 11.2 Å². The fraction of sp³-hybridized carbons (Fsp3) is 0.400. The summed E-state index contributed by atoms with van der Waals surface area (Å²) in [7, 11) is 0. The van der Waals surface area contributed by atoms with Gasteiger partial charge in [0.05, 0.1) is 6.26 Å². The second-order valence-corrected chi connectivity index (χ2v) is 4.93. The quantitative estimate of drug-likeness (QED) is 0.848. The van der Waals surface area contributed by atoms with Crippen molar-refractivity contribution in [3.8, 4) is 0 Å². The van der Waals surface area contributed by atoms with Gasteiger partial charge in [0, 0.05) is 12.6 Å². The highest BCUT2D eigenvalue weighted by Gasteiger charge is 2.21. The first kappa shape index (κ1) is 15.8. The lowest BCUT2D eigenvalue weighted by molar-refractivity contribution is -0.117. The van der Waals surface area contributed by atoms with Crippen molar-refractivity contribution in [1.29, 1.82) is 0 Å². The third-order valence-electron chi connectivity index (χ3n) is 3.03. The normalized spacial score (nSPS) is 10.5. The lowest BCUT2D eigenvalue weighted by Gasteiger charge is -2.20. The van der Waals surface area contributed by atoms with Crippen molar-refractivity contribution >= 4 is 17.6 Å². The van der Waals surface area contributed by atoms with Gasteiger partial charge >= 0.3 is 0 Å². The molecule has 2 amide bonds. The van der Waals surface area contributed by atoms with E-state index >= 15 is 0 Å². The molecule has 0 aliphatic rings. The molecule has 0 aliphatic heterocycles. The lowest BCUT2D eigenvalue weighted by Crippen LogP contribution is -2.38. The van der Waals surface area contributed by atoms with E-state index in [9.17, 15) is 9.59 Å². The third-order valence-corrected chi connectivity index (χ3v) is 3.03. The first-order chi connectivity index (χ1) is 10.6. The van der Waals surface area contributed by atoms with Crippen molar-refractivity contribution in [1.82, 2.24) is 10.1 Å². The van der Waals surface area contributed by atoms with Crippen LogP contribution in [-0.4, -0.2) is 35.0 Å². The molecule has 0 radical (unpaired) electrons. The van der Waals surface area contributed by atoms with Gasteiger partial charge in [-0.1, -0.05) is 18.5 Å². The molecular formula is C15H19N3O4. The predicted molar refractivity (Wildman–Crippen MR) is 79.4 cm³/mol. The molecule has 0 spiro atoms. The maximum Gasteiger partial charge on any atom is 0.290 e. The fourth-order valence-corrected chi connectivity index (χ4v) is 1.94. The number of furan rings is 1. The van der Waals surface area contributed by atoms with Crippen LogP contribution < -0.4 is 5.32 Å². The summed E-state index contributed by atoms with van der Waals surface area (Å²) < 4.78 is 9.99. The molecule has 2 heterocycles. The highest BCUT2D eigenvalue weighted by molar-refractivity contribution is 5.97. The summed E-state index contributed by atoms with van der Waals surface area (Å²) >= 11 is 0. The number of carbonyl (C=O) groups is 2. The summed E-state index contributed by atoms with van der Waals surface area (Å²) in [6, 6.07) is 4.84. The van der Waals surface area contributed by atoms with E-state index in [-0.39, 0.29) is 24.1 Å². The number of unbranched alkanes of at least 4 members (excludes halogenated alkanes) is 1. The molecule has 0 aromatic carbocycles. The molecule has 0 saturated heterocycles. The Hall–Kier alpha value is -2.57. The van der Waals surface area contributed by atoms with Crippen molar-refractivity contribution in [3.05, 3.63) is 36.0 Å². The van der Waals surface area contributed by atoms with Crippen molar-refractivity contribution in [2.75, 3.05) is 18.4 Å². The minimum Gasteiger partial charge on any atom is -0.459 e. The van der Waals surface area contributed by atoms with Gasteiger partial charge < -0.3 is 19.2 Å². The third kappa shape index (κ3) is 4.21. The lowest BCUT2D eigenvalue weighted by atomic mass is 10.3. The van der Waals surface area contributed by atoms with E-state index in [0.29, 0.717) is 18.1 Å². The molecule has 2 aromatic heterocycles. The second kappa shape index (κ2) is 7.44. The Balaban J connectivity index is 1.99. The molecule has 118 valence electrons. The highest BCUT2D eigenvalue weighted by Crippen LogP contribution is 2.09. The summed E-state index contributed by atoms with van der Waals surface area (Å²) in [5.41, 5.74) is 0. The van der Waals surface area contributed by atoms with Crippen LogP contribution in [0.5, 0.6) is 0 Å². The number of aryl methyl sites for hydroxylation is 1. The van der Waals surface area contributed by atoms with Crippen LogP contribution in [0.3, 0.4) is 0 Å². The van der Waals surface area contributed by atoms with Gasteiger partial charge in [-0.25, -0.2) is 0 Å². The van der Waals surface area contributed by atoms with Gasteiger partial charge in [0.15, 0.2) is 11.6 Å². The molecule has 0 saturated carbocycles. The molecule has 2 rings (SSSR count). The minimum absolute atomic E-state index is 0.0640. The largest absolute Gasteiger partial charge is 0.459 e. The van der Waals surface area contributed by atoms with Crippen LogP contribution in [0, 0.1) is 6.92 Å². The van der Waals surface area contributed by atoms with Crippen molar-refractivity contribution in [2.45, 2.75) is 26.7 Å². The van der Waals surface area contributed by atoms with Crippen LogP contribution in [-0.2, 0) is 4.79 Å². The van der Waals surface area contributed by atoms with Crippen LogP contribution in [0.15, 0.2) is 33.4 Å². The summed E-state index contributed by atoms with van der Waals surface area (Å²) in [5, 5.41) is 6.29. The Morgan fingerprint density at radius 3 is 2.82 bits per heavy atom. The molecule has 1 N–H and O–H groups in total. The van der Waals surface area contributed by atoms with Crippen LogP contribution in [0.2, 0.25) is 0 Å². The number of aromatic nitrogens is 1. The monoisotopic (exact) mass is 305 g/mol. The van der Waals surface area contributed by atoms with E-state index < -0.39 is 0 Å². The zero-order chi connectivity index (χ0) is 15.9. The SMILES string of the molecule is CCCCN(CC(=O)Nc1cc(C)on1)C(=O)c1ccco1. The molecule has 0 unspecified atom stereocenters. The topological polar surface area (TPSA) is 88.6 Å². The summed E-state index contributed by atoms with van der Waals surface area (Å²) in [5.74, 6) is 0.531. The van der Waals surface area contributed by atoms with Gasteiger partial charge in [0.2, 0.25) is 5.91 Å². The Kier molecular flexibility index (Phi) is 5.35. The smallest absolute Gasteiger partial charge is 0.290 e. The molecule has 22 heavy (non-hydrogen) atoms. The fourth-order valence-electron chi connectivity index (χ4n) is 1.94. The van der Waals surface area contributed by atoms with Gasteiger partial charge in [0.25, 0.3) is 5.91 Å². The van der Waals surface area contributed by atoms with E-state index in [2.05, 4.69) is 10.5 Å². The second-order valence-electron chi connectivity index (χ2n) is 4.93. The zero-order valence-corrected chi connectivity index (χ0v) is 12.7. The van der Waals surface area contributed by atoms with Crippen LogP contribution in [0.1, 0.15) is 36.1 Å². The van der Waals surface area contributed by atoms with Gasteiger partial charge in [-0.2, -0.15) is 0 Å². The maximum atomic E-state index is 12.3. The van der Waals surface area contributed by atoms with Gasteiger partial charge in [-0.3, -0.25) is 9.59 Å². The molecule has 7 heteroatoms. The number of carbonyl (C=O) groups excluding carboxylic acids is 2. The first-order valence-electron chi connectivity index (χ1n) is 7.16. The first-order valence-corrected chi connectivity index (χ1v) is 7.16. The van der Waals surface area contributed by atoms with E-state index in [1.54, 1.807) is 25.1 Å². The standard InChI is InChI=1S/C15H19N3O4/c1-3-4-7-18(15(20)12-6-5-8-21-12)10-14(19)16-13-9-11(2)22-17-13/h5-6,8-9H,3-4,7,10H2,1-2H3,(H,16,17,19). The van der Waals surface area contributed by atoms with Crippen LogP contribution in [0.25, 0.3) is 0 Å². The molecule has 0 bridgehead atoms. The maximum absolute atomic E-state index is 12.3. The Bertz CT molecular complexity index is 619. The number of amides is 2. The zero-order valence-electron chi connectivity index (χ0n) is 12.7. The predicted octanol–water partition coefficient (Wildman–Crippen LogP) is 2.46. The van der Waals surface area contributed by atoms with Crippen molar-refractivity contribution in [3.63, 3.8) is 0 Å². The number of nitrogens with zero attached hydrogens (tertiary/aromatic N) is 2. The summed E-state index contributed by atoms with van der Waals surface area (Å²) in [6.45, 7) is 4.18. The average Bonchev–Trinajstić information content (AvgIpc) is 3.14. The number of nitrogens with one attached hydrogen (secondary N) is 1. The molecule has 0 aliphatic carbocycles. The van der Waals surface area contributed by atoms with E-state index in [0.717, 1.165) is 12.8 Å². The molecule has 0 atom stereocenters. The molecular weight excluding hydrogens is 286 g/mol. The molecule has 2 aromatic rings. The van der Waals surface area contributed by atoms with Crippen molar-refractivity contribution < 1.29 is 18.5 Å². The van der Waals surface area contributed by atoms with Crippen molar-refractivity contribution in [2.24, 2.45) is 0 Å². The van der Waals surface area contributed by atoms with Gasteiger partial charge in [-0.05, 0) is 25.5 Å². The van der Waals surface area contributed by atoms with Gasteiger partial charge in [0.1, 0.15) is 12.3 Å². The number of hydrogen-bond donors (Lipinski definition) is 1. The Labute approximate surface area is 128 Å². The average molecular weight is 305 g/mol. The molecule has 0 fully saturated rings. The van der Waals surface area contributed by atoms with E-state index in [1.807, 2.05) is 6.92 Å². The number of rotatable bonds is 7. The van der Waals surface area contributed by atoms with Gasteiger partial charge in [-0.15, -0.1) is 0 Å². The van der Waals surface area contributed by atoms with Crippen LogP contribution >= 0.6 is 0 Å². The van der Waals surface area contributed by atoms with Crippen LogP contribution in [0.4, 0.5) is 5.82 Å².